The van der Waals surface area contributed by atoms with Gasteiger partial charge in [0.25, 0.3) is 0 Å². The van der Waals surface area contributed by atoms with Crippen molar-refractivity contribution in [1.29, 1.82) is 0 Å². The summed E-state index contributed by atoms with van der Waals surface area (Å²) in [5.41, 5.74) is 16.2. The fourth-order valence-corrected chi connectivity index (χ4v) is 4.26. The van der Waals surface area contributed by atoms with E-state index in [0.717, 1.165) is 33.9 Å². The van der Waals surface area contributed by atoms with Crippen molar-refractivity contribution in [3.05, 3.63) is 133 Å². The number of benzene rings is 5. The molecule has 33 heavy (non-hydrogen) atoms. The first-order valence-corrected chi connectivity index (χ1v) is 11.2. The Morgan fingerprint density at radius 3 is 1.70 bits per heavy atom. The van der Waals surface area contributed by atoms with Crippen LogP contribution in [0.3, 0.4) is 0 Å². The Balaban J connectivity index is 1.58. The van der Waals surface area contributed by atoms with Crippen molar-refractivity contribution in [3.63, 3.8) is 0 Å². The second-order valence-electron chi connectivity index (χ2n) is 8.23. The molecular weight excluding hydrogens is 400 g/mol. The summed E-state index contributed by atoms with van der Waals surface area (Å²) in [7, 11) is 0. The van der Waals surface area contributed by atoms with Crippen LogP contribution in [0.4, 0.5) is 22.7 Å². The quantitative estimate of drug-likeness (QED) is 0.286. The van der Waals surface area contributed by atoms with E-state index in [4.69, 9.17) is 5.73 Å². The number of aryl methyl sites for hydroxylation is 1. The average Bonchev–Trinajstić information content (AvgIpc) is 2.86. The van der Waals surface area contributed by atoms with Gasteiger partial charge in [0.1, 0.15) is 0 Å². The van der Waals surface area contributed by atoms with Crippen LogP contribution in [0.1, 0.15) is 5.56 Å². The summed E-state index contributed by atoms with van der Waals surface area (Å²) in [6.07, 6.45) is 0. The van der Waals surface area contributed by atoms with Gasteiger partial charge in [-0.25, -0.2) is 0 Å². The standard InChI is InChI=1S/C31H26N2/c1-23-9-8-10-25(21-23)31-22-26(32)17-20-30(31)24-15-18-29(19-16-24)33(27-11-4-2-5-12-27)28-13-6-3-7-14-28/h2-22H,32H2,1H3. The fraction of sp³-hybridized carbons (Fsp3) is 0.0323. The topological polar surface area (TPSA) is 29.3 Å². The molecule has 2 heteroatoms. The predicted octanol–water partition coefficient (Wildman–Crippen LogP) is 8.38. The second-order valence-corrected chi connectivity index (χ2v) is 8.23. The minimum Gasteiger partial charge on any atom is -0.399 e. The van der Waals surface area contributed by atoms with Crippen LogP contribution in [0.5, 0.6) is 0 Å². The molecule has 0 heterocycles. The van der Waals surface area contributed by atoms with Crippen LogP contribution in [0.15, 0.2) is 127 Å². The van der Waals surface area contributed by atoms with E-state index in [1.807, 2.05) is 18.2 Å². The molecule has 0 aliphatic rings. The van der Waals surface area contributed by atoms with Gasteiger partial charge in [-0.2, -0.15) is 0 Å². The summed E-state index contributed by atoms with van der Waals surface area (Å²) in [4.78, 5) is 2.27. The van der Waals surface area contributed by atoms with Gasteiger partial charge >= 0.3 is 0 Å². The highest BCUT2D eigenvalue weighted by Crippen LogP contribution is 2.38. The lowest BCUT2D eigenvalue weighted by Crippen LogP contribution is -2.09. The molecule has 5 aromatic rings. The SMILES string of the molecule is Cc1cccc(-c2cc(N)ccc2-c2ccc(N(c3ccccc3)c3ccccc3)cc2)c1. The van der Waals surface area contributed by atoms with Crippen molar-refractivity contribution in [2.24, 2.45) is 0 Å². The van der Waals surface area contributed by atoms with Crippen LogP contribution in [0, 0.1) is 6.92 Å². The first kappa shape index (κ1) is 20.6. The van der Waals surface area contributed by atoms with Crippen molar-refractivity contribution in [2.45, 2.75) is 6.92 Å². The highest BCUT2D eigenvalue weighted by Gasteiger charge is 2.13. The Bertz CT molecular complexity index is 1320. The second kappa shape index (κ2) is 9.05. The number of nitrogens with two attached hydrogens (primary N) is 1. The van der Waals surface area contributed by atoms with Crippen molar-refractivity contribution < 1.29 is 0 Å². The average molecular weight is 427 g/mol. The molecule has 0 aliphatic carbocycles. The number of para-hydroxylation sites is 2. The van der Waals surface area contributed by atoms with Gasteiger partial charge < -0.3 is 10.6 Å². The van der Waals surface area contributed by atoms with Crippen LogP contribution in [-0.2, 0) is 0 Å². The van der Waals surface area contributed by atoms with E-state index in [-0.39, 0.29) is 0 Å². The highest BCUT2D eigenvalue weighted by molar-refractivity contribution is 5.87. The van der Waals surface area contributed by atoms with Gasteiger partial charge in [0.05, 0.1) is 0 Å². The molecule has 0 bridgehead atoms. The zero-order chi connectivity index (χ0) is 22.6. The monoisotopic (exact) mass is 426 g/mol. The lowest BCUT2D eigenvalue weighted by atomic mass is 9.93. The van der Waals surface area contributed by atoms with Gasteiger partial charge in [-0.1, -0.05) is 84.4 Å². The zero-order valence-corrected chi connectivity index (χ0v) is 18.6. The van der Waals surface area contributed by atoms with Crippen molar-refractivity contribution in [2.75, 3.05) is 10.6 Å². The molecule has 2 N–H and O–H groups in total. The third-order valence-corrected chi connectivity index (χ3v) is 5.84. The maximum atomic E-state index is 6.17. The normalized spacial score (nSPS) is 10.7. The molecule has 0 fully saturated rings. The molecule has 0 spiro atoms. The number of hydrogen-bond donors (Lipinski definition) is 1. The van der Waals surface area contributed by atoms with E-state index in [0.29, 0.717) is 0 Å². The molecule has 5 rings (SSSR count). The molecule has 5 aromatic carbocycles. The Hall–Kier alpha value is -4.30. The summed E-state index contributed by atoms with van der Waals surface area (Å²) < 4.78 is 0. The van der Waals surface area contributed by atoms with Gasteiger partial charge in [0.15, 0.2) is 0 Å². The van der Waals surface area contributed by atoms with E-state index < -0.39 is 0 Å². The van der Waals surface area contributed by atoms with E-state index >= 15 is 0 Å². The van der Waals surface area contributed by atoms with Crippen LogP contribution >= 0.6 is 0 Å². The lowest BCUT2D eigenvalue weighted by Gasteiger charge is -2.25. The van der Waals surface area contributed by atoms with E-state index in [9.17, 15) is 0 Å². The minimum atomic E-state index is 0.770. The highest BCUT2D eigenvalue weighted by atomic mass is 15.1. The minimum absolute atomic E-state index is 0.770. The molecule has 0 atom stereocenters. The van der Waals surface area contributed by atoms with Gasteiger partial charge in [-0.05, 0) is 77.7 Å². The summed E-state index contributed by atoms with van der Waals surface area (Å²) in [5, 5.41) is 0. The largest absolute Gasteiger partial charge is 0.399 e. The molecule has 0 aliphatic heterocycles. The van der Waals surface area contributed by atoms with E-state index in [1.54, 1.807) is 0 Å². The summed E-state index contributed by atoms with van der Waals surface area (Å²) in [6, 6.07) is 44.4. The van der Waals surface area contributed by atoms with Crippen molar-refractivity contribution in [1.82, 2.24) is 0 Å². The molecule has 0 aromatic heterocycles. The number of hydrogen-bond acceptors (Lipinski definition) is 2. The van der Waals surface area contributed by atoms with Crippen LogP contribution < -0.4 is 10.6 Å². The molecule has 0 amide bonds. The third kappa shape index (κ3) is 4.37. The number of anilines is 4. The summed E-state index contributed by atoms with van der Waals surface area (Å²) in [5.74, 6) is 0. The first-order valence-electron chi connectivity index (χ1n) is 11.2. The molecular formula is C31H26N2. The Kier molecular flexibility index (Phi) is 5.65. The summed E-state index contributed by atoms with van der Waals surface area (Å²) in [6.45, 7) is 2.12. The van der Waals surface area contributed by atoms with E-state index in [2.05, 4.69) is 121 Å². The molecule has 2 nitrogen and oxygen atoms in total. The maximum absolute atomic E-state index is 6.17. The Morgan fingerprint density at radius 2 is 1.09 bits per heavy atom. The van der Waals surface area contributed by atoms with Gasteiger partial charge in [-0.15, -0.1) is 0 Å². The van der Waals surface area contributed by atoms with Gasteiger partial charge in [0.2, 0.25) is 0 Å². The van der Waals surface area contributed by atoms with Crippen molar-refractivity contribution in [3.8, 4) is 22.3 Å². The molecule has 160 valence electrons. The number of nitrogen functional groups attached to an aromatic ring is 1. The molecule has 0 saturated carbocycles. The first-order chi connectivity index (χ1) is 16.2. The fourth-order valence-electron chi connectivity index (χ4n) is 4.26. The maximum Gasteiger partial charge on any atom is 0.0462 e. The Morgan fingerprint density at radius 1 is 0.485 bits per heavy atom. The van der Waals surface area contributed by atoms with Crippen LogP contribution in [0.25, 0.3) is 22.3 Å². The summed E-state index contributed by atoms with van der Waals surface area (Å²) >= 11 is 0. The zero-order valence-electron chi connectivity index (χ0n) is 18.6. The van der Waals surface area contributed by atoms with Crippen LogP contribution in [0.2, 0.25) is 0 Å². The van der Waals surface area contributed by atoms with Gasteiger partial charge in [0, 0.05) is 22.7 Å². The Labute approximate surface area is 195 Å². The van der Waals surface area contributed by atoms with Crippen LogP contribution in [-0.4, -0.2) is 0 Å². The van der Waals surface area contributed by atoms with Crippen molar-refractivity contribution >= 4 is 22.7 Å². The van der Waals surface area contributed by atoms with Gasteiger partial charge in [-0.3, -0.25) is 0 Å². The smallest absolute Gasteiger partial charge is 0.0462 e. The number of nitrogens with zero attached hydrogens (tertiary/aromatic N) is 1. The predicted molar refractivity (Wildman–Crippen MR) is 141 cm³/mol. The van der Waals surface area contributed by atoms with E-state index in [1.165, 1.54) is 16.7 Å². The third-order valence-electron chi connectivity index (χ3n) is 5.84. The molecule has 0 radical (unpaired) electrons. The molecule has 0 saturated heterocycles. The lowest BCUT2D eigenvalue weighted by molar-refractivity contribution is 1.28. The number of rotatable bonds is 5. The molecule has 0 unspecified atom stereocenters.